The van der Waals surface area contributed by atoms with Crippen molar-refractivity contribution >= 4 is 40.9 Å². The number of benzene rings is 2. The Kier molecular flexibility index (Phi) is 7.16. The lowest BCUT2D eigenvalue weighted by Gasteiger charge is -2.20. The predicted octanol–water partition coefficient (Wildman–Crippen LogP) is 4.15. The number of ether oxygens (including phenoxy) is 3. The van der Waals surface area contributed by atoms with Crippen molar-refractivity contribution in [2.24, 2.45) is 0 Å². The molecular weight excluding hydrogens is 428 g/mol. The highest BCUT2D eigenvalue weighted by Gasteiger charge is 2.19. The molecule has 6 nitrogen and oxygen atoms in total. The number of hydrogen-bond acceptors (Lipinski definition) is 6. The third kappa shape index (κ3) is 5.98. The fourth-order valence-corrected chi connectivity index (χ4v) is 3.47. The molecule has 1 amide bonds. The van der Waals surface area contributed by atoms with Gasteiger partial charge in [-0.2, -0.15) is 8.78 Å². The molecular formula is C19H16ClF2NO5S. The first kappa shape index (κ1) is 21.2. The monoisotopic (exact) mass is 443 g/mol. The second-order valence-corrected chi connectivity index (χ2v) is 7.30. The van der Waals surface area contributed by atoms with Crippen molar-refractivity contribution in [1.29, 1.82) is 0 Å². The molecule has 10 heteroatoms. The summed E-state index contributed by atoms with van der Waals surface area (Å²) in [6.45, 7) is 0.218. The van der Waals surface area contributed by atoms with Crippen molar-refractivity contribution < 1.29 is 32.6 Å². The lowest BCUT2D eigenvalue weighted by Crippen LogP contribution is -2.22. The molecule has 0 bridgehead atoms. The van der Waals surface area contributed by atoms with E-state index in [0.717, 1.165) is 0 Å². The van der Waals surface area contributed by atoms with Gasteiger partial charge in [0.25, 0.3) is 11.7 Å². The normalized spacial score (nSPS) is 12.6. The molecule has 0 atom stereocenters. The minimum absolute atomic E-state index is 0.124. The zero-order valence-electron chi connectivity index (χ0n) is 15.0. The highest BCUT2D eigenvalue weighted by atomic mass is 35.5. The molecule has 2 aromatic rings. The van der Waals surface area contributed by atoms with Gasteiger partial charge in [-0.15, -0.1) is 0 Å². The van der Waals surface area contributed by atoms with E-state index in [-0.39, 0.29) is 17.0 Å². The Morgan fingerprint density at radius 2 is 1.97 bits per heavy atom. The van der Waals surface area contributed by atoms with E-state index in [4.69, 9.17) is 25.8 Å². The Labute approximate surface area is 174 Å². The first-order valence-electron chi connectivity index (χ1n) is 8.49. The van der Waals surface area contributed by atoms with Crippen molar-refractivity contribution in [3.63, 3.8) is 0 Å². The Balaban J connectivity index is 1.53. The average Bonchev–Trinajstić information content (AvgIpc) is 2.68. The van der Waals surface area contributed by atoms with E-state index in [2.05, 4.69) is 5.32 Å². The van der Waals surface area contributed by atoms with Gasteiger partial charge < -0.3 is 19.5 Å². The number of amides is 1. The SMILES string of the molecule is O=C(COC(=O)Cc1cc(Cl)c2c(c1)OCCO2)Nc1ccccc1SC(F)F. The minimum atomic E-state index is -2.62. The third-order valence-corrected chi connectivity index (χ3v) is 4.82. The number of carbonyl (C=O) groups excluding carboxylic acids is 2. The first-order valence-corrected chi connectivity index (χ1v) is 9.75. The molecule has 0 fully saturated rings. The van der Waals surface area contributed by atoms with Gasteiger partial charge in [0.1, 0.15) is 13.2 Å². The molecule has 1 aliphatic heterocycles. The van der Waals surface area contributed by atoms with Crippen molar-refractivity contribution in [3.05, 3.63) is 47.0 Å². The molecule has 1 heterocycles. The number of alkyl halides is 2. The Morgan fingerprint density at radius 1 is 1.21 bits per heavy atom. The number of rotatable bonds is 7. The first-order chi connectivity index (χ1) is 13.9. The molecule has 29 heavy (non-hydrogen) atoms. The van der Waals surface area contributed by atoms with E-state index in [9.17, 15) is 18.4 Å². The largest absolute Gasteiger partial charge is 0.486 e. The van der Waals surface area contributed by atoms with Crippen molar-refractivity contribution in [3.8, 4) is 11.5 Å². The molecule has 2 aromatic carbocycles. The van der Waals surface area contributed by atoms with Gasteiger partial charge in [-0.3, -0.25) is 9.59 Å². The maximum Gasteiger partial charge on any atom is 0.310 e. The van der Waals surface area contributed by atoms with Gasteiger partial charge in [0.05, 0.1) is 17.1 Å². The number of para-hydroxylation sites is 1. The van der Waals surface area contributed by atoms with Gasteiger partial charge >= 0.3 is 5.97 Å². The van der Waals surface area contributed by atoms with Crippen LogP contribution in [0.2, 0.25) is 5.02 Å². The molecule has 154 valence electrons. The number of halogens is 3. The van der Waals surface area contributed by atoms with Crippen LogP contribution in [0.15, 0.2) is 41.3 Å². The van der Waals surface area contributed by atoms with Crippen molar-refractivity contribution in [1.82, 2.24) is 0 Å². The minimum Gasteiger partial charge on any atom is -0.486 e. The number of carbonyl (C=O) groups is 2. The second-order valence-electron chi connectivity index (χ2n) is 5.86. The van der Waals surface area contributed by atoms with E-state index in [1.165, 1.54) is 12.1 Å². The second kappa shape index (κ2) is 9.80. The summed E-state index contributed by atoms with van der Waals surface area (Å²) in [6, 6.07) is 9.32. The number of esters is 1. The summed E-state index contributed by atoms with van der Waals surface area (Å²) in [5.74, 6) is -3.04. The number of thioether (sulfide) groups is 1. The number of hydrogen-bond donors (Lipinski definition) is 1. The van der Waals surface area contributed by atoms with Crippen LogP contribution >= 0.6 is 23.4 Å². The summed E-state index contributed by atoms with van der Waals surface area (Å²) >= 11 is 6.44. The van der Waals surface area contributed by atoms with Crippen molar-refractivity contribution in [2.45, 2.75) is 17.1 Å². The smallest absolute Gasteiger partial charge is 0.310 e. The summed E-state index contributed by atoms with van der Waals surface area (Å²) in [5.41, 5.74) is 0.765. The number of fused-ring (bicyclic) bond motifs is 1. The summed E-state index contributed by atoms with van der Waals surface area (Å²) in [4.78, 5) is 24.3. The quantitative estimate of drug-likeness (QED) is 0.512. The van der Waals surface area contributed by atoms with Crippen LogP contribution in [0.4, 0.5) is 14.5 Å². The number of nitrogens with one attached hydrogen (secondary N) is 1. The summed E-state index contributed by atoms with van der Waals surface area (Å²) < 4.78 is 41.0. The van der Waals surface area contributed by atoms with Gasteiger partial charge in [0, 0.05) is 4.90 Å². The topological polar surface area (TPSA) is 73.9 Å². The summed E-state index contributed by atoms with van der Waals surface area (Å²) in [7, 11) is 0. The van der Waals surface area contributed by atoms with Crippen LogP contribution in [0.1, 0.15) is 5.56 Å². The maximum atomic E-state index is 12.6. The van der Waals surface area contributed by atoms with Gasteiger partial charge in [-0.25, -0.2) is 0 Å². The van der Waals surface area contributed by atoms with E-state index in [1.807, 2.05) is 0 Å². The summed E-state index contributed by atoms with van der Waals surface area (Å²) in [5, 5.41) is 2.77. The van der Waals surface area contributed by atoms with E-state index in [1.54, 1.807) is 24.3 Å². The fraction of sp³-hybridized carbons (Fsp3) is 0.263. The zero-order valence-corrected chi connectivity index (χ0v) is 16.5. The van der Waals surface area contributed by atoms with Crippen LogP contribution in [0.5, 0.6) is 11.5 Å². The predicted molar refractivity (Wildman–Crippen MR) is 104 cm³/mol. The molecule has 0 saturated carbocycles. The van der Waals surface area contributed by atoms with Crippen LogP contribution in [-0.2, 0) is 20.7 Å². The van der Waals surface area contributed by atoms with Gasteiger partial charge in [0.15, 0.2) is 18.1 Å². The van der Waals surface area contributed by atoms with E-state index in [0.29, 0.717) is 47.1 Å². The molecule has 0 spiro atoms. The number of anilines is 1. The maximum absolute atomic E-state index is 12.6. The highest BCUT2D eigenvalue weighted by molar-refractivity contribution is 7.99. The van der Waals surface area contributed by atoms with E-state index < -0.39 is 24.2 Å². The van der Waals surface area contributed by atoms with Gasteiger partial charge in [-0.1, -0.05) is 35.5 Å². The summed E-state index contributed by atoms with van der Waals surface area (Å²) in [6.07, 6.45) is -0.124. The molecule has 1 aliphatic rings. The highest BCUT2D eigenvalue weighted by Crippen LogP contribution is 2.38. The van der Waals surface area contributed by atoms with E-state index >= 15 is 0 Å². The van der Waals surface area contributed by atoms with Crippen LogP contribution < -0.4 is 14.8 Å². The standard InChI is InChI=1S/C19H16ClF2NO5S/c20-12-7-11(8-14-18(12)27-6-5-26-14)9-17(25)28-10-16(24)23-13-3-1-2-4-15(13)29-19(21)22/h1-4,7-8,19H,5-6,9-10H2,(H,23,24). The molecule has 3 rings (SSSR count). The van der Waals surface area contributed by atoms with Crippen molar-refractivity contribution in [2.75, 3.05) is 25.1 Å². The van der Waals surface area contributed by atoms with Crippen LogP contribution in [0.3, 0.4) is 0 Å². The molecule has 0 unspecified atom stereocenters. The average molecular weight is 444 g/mol. The lowest BCUT2D eigenvalue weighted by molar-refractivity contribution is -0.146. The van der Waals surface area contributed by atoms with Gasteiger partial charge in [0.2, 0.25) is 0 Å². The molecule has 0 aliphatic carbocycles. The Hall–Kier alpha value is -2.52. The zero-order chi connectivity index (χ0) is 20.8. The van der Waals surface area contributed by atoms with Crippen LogP contribution in [-0.4, -0.2) is 37.5 Å². The lowest BCUT2D eigenvalue weighted by atomic mass is 10.1. The van der Waals surface area contributed by atoms with Crippen LogP contribution in [0, 0.1) is 0 Å². The fourth-order valence-electron chi connectivity index (χ4n) is 2.58. The molecule has 1 N–H and O–H groups in total. The Morgan fingerprint density at radius 3 is 2.76 bits per heavy atom. The molecule has 0 aromatic heterocycles. The molecule has 0 saturated heterocycles. The van der Waals surface area contributed by atoms with Gasteiger partial charge in [-0.05, 0) is 29.8 Å². The Bertz CT molecular complexity index is 912. The van der Waals surface area contributed by atoms with Crippen LogP contribution in [0.25, 0.3) is 0 Å². The third-order valence-electron chi connectivity index (χ3n) is 3.75. The molecule has 0 radical (unpaired) electrons.